The summed E-state index contributed by atoms with van der Waals surface area (Å²) in [6.45, 7) is 2.28. The molecule has 0 saturated carbocycles. The van der Waals surface area contributed by atoms with Crippen molar-refractivity contribution in [2.75, 3.05) is 0 Å². The van der Waals surface area contributed by atoms with Gasteiger partial charge in [-0.1, -0.05) is 0 Å². The first kappa shape index (κ1) is 9.71. The van der Waals surface area contributed by atoms with Crippen molar-refractivity contribution in [3.05, 3.63) is 21.4 Å². The molecule has 2 rings (SSSR count). The first-order chi connectivity index (χ1) is 6.77. The van der Waals surface area contributed by atoms with Gasteiger partial charge in [-0.15, -0.1) is 11.3 Å². The van der Waals surface area contributed by atoms with Crippen LogP contribution in [0.1, 0.15) is 35.8 Å². The van der Waals surface area contributed by atoms with Gasteiger partial charge >= 0.3 is 0 Å². The van der Waals surface area contributed by atoms with E-state index in [0.29, 0.717) is 6.54 Å². The molecule has 1 aliphatic carbocycles. The molecule has 76 valence electrons. The van der Waals surface area contributed by atoms with Crippen LogP contribution in [0.4, 0.5) is 0 Å². The van der Waals surface area contributed by atoms with E-state index in [1.54, 1.807) is 6.92 Å². The van der Waals surface area contributed by atoms with E-state index in [1.165, 1.54) is 41.7 Å². The molecule has 0 atom stereocenters. The first-order valence-electron chi connectivity index (χ1n) is 5.10. The second-order valence-corrected chi connectivity index (χ2v) is 4.74. The molecule has 0 bridgehead atoms. The van der Waals surface area contributed by atoms with Gasteiger partial charge in [0.15, 0.2) is 0 Å². The lowest BCUT2D eigenvalue weighted by atomic mass is 9.96. The summed E-state index contributed by atoms with van der Waals surface area (Å²) in [7, 11) is 0. The Kier molecular flexibility index (Phi) is 2.87. The van der Waals surface area contributed by atoms with Crippen LogP contribution in [0.25, 0.3) is 0 Å². The minimum atomic E-state index is 0.0563. The van der Waals surface area contributed by atoms with E-state index in [2.05, 4.69) is 10.7 Å². The van der Waals surface area contributed by atoms with Gasteiger partial charge < -0.3 is 5.32 Å². The predicted octanol–water partition coefficient (Wildman–Crippen LogP) is 2.26. The van der Waals surface area contributed by atoms with Gasteiger partial charge in [-0.3, -0.25) is 4.79 Å². The Hall–Kier alpha value is -0.830. The molecule has 1 amide bonds. The first-order valence-corrected chi connectivity index (χ1v) is 5.98. The third-order valence-electron chi connectivity index (χ3n) is 2.68. The number of hydrogen-bond acceptors (Lipinski definition) is 2. The monoisotopic (exact) mass is 209 g/mol. The highest BCUT2D eigenvalue weighted by Gasteiger charge is 2.15. The summed E-state index contributed by atoms with van der Waals surface area (Å²) < 4.78 is 0. The van der Waals surface area contributed by atoms with Gasteiger partial charge in [0.05, 0.1) is 0 Å². The number of carbonyl (C=O) groups is 1. The van der Waals surface area contributed by atoms with Crippen LogP contribution in [-0.2, 0) is 24.2 Å². The van der Waals surface area contributed by atoms with Gasteiger partial charge in [0.2, 0.25) is 5.91 Å². The fraction of sp³-hybridized carbons (Fsp3) is 0.545. The Bertz CT molecular complexity index is 343. The summed E-state index contributed by atoms with van der Waals surface area (Å²) in [6.07, 6.45) is 5.07. The van der Waals surface area contributed by atoms with Gasteiger partial charge in [0.1, 0.15) is 0 Å². The van der Waals surface area contributed by atoms with Crippen molar-refractivity contribution in [2.24, 2.45) is 0 Å². The van der Waals surface area contributed by atoms with Crippen LogP contribution in [0.2, 0.25) is 0 Å². The fourth-order valence-corrected chi connectivity index (χ4v) is 3.08. The van der Waals surface area contributed by atoms with Crippen LogP contribution in [0.3, 0.4) is 0 Å². The molecular weight excluding hydrogens is 194 g/mol. The smallest absolute Gasteiger partial charge is 0.217 e. The third-order valence-corrected chi connectivity index (χ3v) is 3.81. The van der Waals surface area contributed by atoms with Crippen LogP contribution in [0.15, 0.2) is 5.38 Å². The SMILES string of the molecule is CC(=O)NCc1csc2c1CCCC2. The molecule has 0 spiro atoms. The highest BCUT2D eigenvalue weighted by molar-refractivity contribution is 7.10. The van der Waals surface area contributed by atoms with Crippen molar-refractivity contribution in [1.29, 1.82) is 0 Å². The van der Waals surface area contributed by atoms with Gasteiger partial charge in [-0.05, 0) is 42.2 Å². The van der Waals surface area contributed by atoms with Crippen molar-refractivity contribution >= 4 is 17.2 Å². The Morgan fingerprint density at radius 1 is 1.50 bits per heavy atom. The second-order valence-electron chi connectivity index (χ2n) is 3.78. The summed E-state index contributed by atoms with van der Waals surface area (Å²) in [5.74, 6) is 0.0563. The van der Waals surface area contributed by atoms with Gasteiger partial charge in [0.25, 0.3) is 0 Å². The molecular formula is C11H15NOS. The summed E-state index contributed by atoms with van der Waals surface area (Å²) >= 11 is 1.85. The number of hydrogen-bond donors (Lipinski definition) is 1. The van der Waals surface area contributed by atoms with E-state index < -0.39 is 0 Å². The van der Waals surface area contributed by atoms with E-state index in [-0.39, 0.29) is 5.91 Å². The fourth-order valence-electron chi connectivity index (χ4n) is 1.93. The zero-order valence-electron chi connectivity index (χ0n) is 8.43. The van der Waals surface area contributed by atoms with Crippen molar-refractivity contribution in [2.45, 2.75) is 39.2 Å². The molecule has 3 heteroatoms. The van der Waals surface area contributed by atoms with Gasteiger partial charge in [0, 0.05) is 18.3 Å². The zero-order chi connectivity index (χ0) is 9.97. The Labute approximate surface area is 88.3 Å². The number of amides is 1. The number of aryl methyl sites for hydroxylation is 1. The maximum absolute atomic E-state index is 10.8. The molecule has 1 aromatic heterocycles. The minimum absolute atomic E-state index is 0.0563. The third kappa shape index (κ3) is 1.98. The zero-order valence-corrected chi connectivity index (χ0v) is 9.25. The summed E-state index contributed by atoms with van der Waals surface area (Å²) in [4.78, 5) is 12.3. The average Bonchev–Trinajstić information content (AvgIpc) is 2.58. The maximum Gasteiger partial charge on any atom is 0.217 e. The molecule has 1 aromatic rings. The van der Waals surface area contributed by atoms with Crippen molar-refractivity contribution in [3.63, 3.8) is 0 Å². The molecule has 0 radical (unpaired) electrons. The molecule has 1 aliphatic rings. The van der Waals surface area contributed by atoms with Crippen LogP contribution in [0, 0.1) is 0 Å². The molecule has 0 aromatic carbocycles. The average molecular weight is 209 g/mol. The molecule has 0 aliphatic heterocycles. The molecule has 1 heterocycles. The van der Waals surface area contributed by atoms with Crippen LogP contribution in [-0.4, -0.2) is 5.91 Å². The van der Waals surface area contributed by atoms with Gasteiger partial charge in [-0.25, -0.2) is 0 Å². The molecule has 0 unspecified atom stereocenters. The lowest BCUT2D eigenvalue weighted by Crippen LogP contribution is -2.19. The van der Waals surface area contributed by atoms with Crippen LogP contribution in [0.5, 0.6) is 0 Å². The second kappa shape index (κ2) is 4.13. The molecule has 0 fully saturated rings. The largest absolute Gasteiger partial charge is 0.352 e. The standard InChI is InChI=1S/C11H15NOS/c1-8(13)12-6-9-7-14-11-5-3-2-4-10(9)11/h7H,2-6H2,1H3,(H,12,13). The molecule has 0 saturated heterocycles. The Morgan fingerprint density at radius 2 is 2.29 bits per heavy atom. The highest BCUT2D eigenvalue weighted by Crippen LogP contribution is 2.29. The van der Waals surface area contributed by atoms with Crippen molar-refractivity contribution in [1.82, 2.24) is 5.32 Å². The quantitative estimate of drug-likeness (QED) is 0.795. The lowest BCUT2D eigenvalue weighted by molar-refractivity contribution is -0.119. The normalized spacial score (nSPS) is 14.9. The molecule has 14 heavy (non-hydrogen) atoms. The van der Waals surface area contributed by atoms with E-state index in [4.69, 9.17) is 0 Å². The number of nitrogens with one attached hydrogen (secondary N) is 1. The molecule has 2 nitrogen and oxygen atoms in total. The van der Waals surface area contributed by atoms with Crippen molar-refractivity contribution < 1.29 is 4.79 Å². The number of thiophene rings is 1. The van der Waals surface area contributed by atoms with Crippen LogP contribution < -0.4 is 5.32 Å². The summed E-state index contributed by atoms with van der Waals surface area (Å²) in [5, 5.41) is 5.07. The summed E-state index contributed by atoms with van der Waals surface area (Å²) in [6, 6.07) is 0. The number of fused-ring (bicyclic) bond motifs is 1. The van der Waals surface area contributed by atoms with E-state index in [1.807, 2.05) is 11.3 Å². The predicted molar refractivity (Wildman–Crippen MR) is 58.5 cm³/mol. The highest BCUT2D eigenvalue weighted by atomic mass is 32.1. The minimum Gasteiger partial charge on any atom is -0.352 e. The number of carbonyl (C=O) groups excluding carboxylic acids is 1. The van der Waals surface area contributed by atoms with E-state index in [0.717, 1.165) is 0 Å². The molecule has 1 N–H and O–H groups in total. The van der Waals surface area contributed by atoms with Gasteiger partial charge in [-0.2, -0.15) is 0 Å². The number of rotatable bonds is 2. The van der Waals surface area contributed by atoms with Crippen LogP contribution >= 0.6 is 11.3 Å². The van der Waals surface area contributed by atoms with Crippen molar-refractivity contribution in [3.8, 4) is 0 Å². The lowest BCUT2D eigenvalue weighted by Gasteiger charge is -2.12. The summed E-state index contributed by atoms with van der Waals surface area (Å²) in [5.41, 5.74) is 2.84. The van der Waals surface area contributed by atoms with E-state index in [9.17, 15) is 4.79 Å². The maximum atomic E-state index is 10.8. The Morgan fingerprint density at radius 3 is 3.07 bits per heavy atom. The van der Waals surface area contributed by atoms with E-state index >= 15 is 0 Å². The Balaban J connectivity index is 2.10. The topological polar surface area (TPSA) is 29.1 Å².